The van der Waals surface area contributed by atoms with Crippen molar-refractivity contribution in [2.75, 3.05) is 6.61 Å². The largest absolute Gasteiger partial charge is 0.461 e. The normalized spacial score (nSPS) is 11.4. The molecule has 0 aliphatic rings. The summed E-state index contributed by atoms with van der Waals surface area (Å²) in [7, 11) is 0. The van der Waals surface area contributed by atoms with E-state index < -0.39 is 11.6 Å². The molecule has 0 unspecified atom stereocenters. The Bertz CT molecular complexity index is 324. The van der Waals surface area contributed by atoms with Crippen molar-refractivity contribution in [1.82, 2.24) is 4.98 Å². The van der Waals surface area contributed by atoms with Crippen LogP contribution in [0.2, 0.25) is 0 Å². The van der Waals surface area contributed by atoms with Crippen molar-refractivity contribution in [2.24, 2.45) is 0 Å². The van der Waals surface area contributed by atoms with Gasteiger partial charge in [-0.2, -0.15) is 0 Å². The molecule has 0 atom stereocenters. The highest BCUT2D eigenvalue weighted by molar-refractivity contribution is 5.86. The van der Waals surface area contributed by atoms with Crippen LogP contribution in [0, 0.1) is 0 Å². The molecular formula is C9H13NO4. The Morgan fingerprint density at radius 2 is 2.36 bits per heavy atom. The molecular weight excluding hydrogens is 186 g/mol. The second-order valence-electron chi connectivity index (χ2n) is 3.32. The lowest BCUT2D eigenvalue weighted by molar-refractivity contribution is 0.0479. The summed E-state index contributed by atoms with van der Waals surface area (Å²) < 4.78 is 9.65. The molecule has 1 aromatic heterocycles. The van der Waals surface area contributed by atoms with E-state index in [1.54, 1.807) is 6.92 Å². The first-order chi connectivity index (χ1) is 6.45. The summed E-state index contributed by atoms with van der Waals surface area (Å²) in [5.74, 6) is -0.452. The lowest BCUT2D eigenvalue weighted by Crippen LogP contribution is -2.16. The maximum Gasteiger partial charge on any atom is 0.360 e. The Morgan fingerprint density at radius 1 is 1.71 bits per heavy atom. The van der Waals surface area contributed by atoms with Gasteiger partial charge in [0.2, 0.25) is 5.89 Å². The number of aliphatic hydroxyl groups is 1. The van der Waals surface area contributed by atoms with E-state index >= 15 is 0 Å². The summed E-state index contributed by atoms with van der Waals surface area (Å²) in [4.78, 5) is 15.0. The molecule has 0 spiro atoms. The topological polar surface area (TPSA) is 72.6 Å². The summed E-state index contributed by atoms with van der Waals surface area (Å²) in [5, 5.41) is 9.51. The van der Waals surface area contributed by atoms with Crippen molar-refractivity contribution in [2.45, 2.75) is 26.4 Å². The van der Waals surface area contributed by atoms with Crippen molar-refractivity contribution in [1.29, 1.82) is 0 Å². The lowest BCUT2D eigenvalue weighted by Gasteiger charge is -2.10. The third-order valence-electron chi connectivity index (χ3n) is 1.51. The Kier molecular flexibility index (Phi) is 2.90. The van der Waals surface area contributed by atoms with Crippen LogP contribution in [0.4, 0.5) is 0 Å². The molecule has 78 valence electrons. The molecule has 0 fully saturated rings. The minimum absolute atomic E-state index is 0.0731. The minimum Gasteiger partial charge on any atom is -0.461 e. The first kappa shape index (κ1) is 10.7. The molecule has 0 aliphatic heterocycles. The van der Waals surface area contributed by atoms with E-state index in [4.69, 9.17) is 9.15 Å². The zero-order valence-corrected chi connectivity index (χ0v) is 8.40. The molecule has 1 heterocycles. The van der Waals surface area contributed by atoms with Crippen LogP contribution >= 0.6 is 0 Å². The van der Waals surface area contributed by atoms with E-state index in [1.807, 2.05) is 0 Å². The van der Waals surface area contributed by atoms with Gasteiger partial charge in [0.25, 0.3) is 0 Å². The van der Waals surface area contributed by atoms with Crippen molar-refractivity contribution in [3.05, 3.63) is 17.8 Å². The van der Waals surface area contributed by atoms with Gasteiger partial charge in [-0.3, -0.25) is 0 Å². The summed E-state index contributed by atoms with van der Waals surface area (Å²) in [6, 6.07) is 0. The average molecular weight is 199 g/mol. The van der Waals surface area contributed by atoms with E-state index in [-0.39, 0.29) is 18.2 Å². The first-order valence-electron chi connectivity index (χ1n) is 4.30. The van der Waals surface area contributed by atoms with Gasteiger partial charge < -0.3 is 14.3 Å². The van der Waals surface area contributed by atoms with Crippen LogP contribution in [0.15, 0.2) is 10.7 Å². The molecule has 1 aromatic rings. The van der Waals surface area contributed by atoms with Crippen LogP contribution in [0.3, 0.4) is 0 Å². The molecule has 0 aliphatic carbocycles. The smallest absolute Gasteiger partial charge is 0.360 e. The number of ether oxygens (including phenoxy) is 1. The number of esters is 1. The zero-order valence-electron chi connectivity index (χ0n) is 8.40. The number of oxazole rings is 1. The minimum atomic E-state index is -1.19. The molecule has 0 saturated heterocycles. The van der Waals surface area contributed by atoms with Crippen molar-refractivity contribution in [3.63, 3.8) is 0 Å². The molecule has 0 saturated carbocycles. The van der Waals surface area contributed by atoms with Gasteiger partial charge in [-0.05, 0) is 20.8 Å². The van der Waals surface area contributed by atoms with Gasteiger partial charge in [0.1, 0.15) is 11.9 Å². The van der Waals surface area contributed by atoms with Gasteiger partial charge in [0.15, 0.2) is 5.69 Å². The van der Waals surface area contributed by atoms with Crippen LogP contribution in [0.1, 0.15) is 37.2 Å². The SMILES string of the molecule is CCOC(=O)c1coc(C(C)(C)O)n1. The van der Waals surface area contributed by atoms with Gasteiger partial charge in [-0.15, -0.1) is 0 Å². The van der Waals surface area contributed by atoms with Crippen molar-refractivity contribution >= 4 is 5.97 Å². The predicted octanol–water partition coefficient (Wildman–Crippen LogP) is 1.08. The highest BCUT2D eigenvalue weighted by Gasteiger charge is 2.24. The van der Waals surface area contributed by atoms with Crippen LogP contribution in [0.5, 0.6) is 0 Å². The zero-order chi connectivity index (χ0) is 10.8. The quantitative estimate of drug-likeness (QED) is 0.737. The summed E-state index contributed by atoms with van der Waals surface area (Å²) in [6.45, 7) is 5.03. The Morgan fingerprint density at radius 3 is 2.79 bits per heavy atom. The number of hydrogen-bond acceptors (Lipinski definition) is 5. The molecule has 5 nitrogen and oxygen atoms in total. The van der Waals surface area contributed by atoms with Crippen LogP contribution in [0.25, 0.3) is 0 Å². The molecule has 0 bridgehead atoms. The molecule has 1 rings (SSSR count). The van der Waals surface area contributed by atoms with Gasteiger partial charge in [0.05, 0.1) is 6.61 Å². The van der Waals surface area contributed by atoms with Gasteiger partial charge in [0, 0.05) is 0 Å². The first-order valence-corrected chi connectivity index (χ1v) is 4.30. The summed E-state index contributed by atoms with van der Waals surface area (Å²) in [6.07, 6.45) is 1.17. The number of carbonyl (C=O) groups excluding carboxylic acids is 1. The van der Waals surface area contributed by atoms with E-state index in [2.05, 4.69) is 4.98 Å². The predicted molar refractivity (Wildman–Crippen MR) is 47.7 cm³/mol. The van der Waals surface area contributed by atoms with Gasteiger partial charge in [-0.25, -0.2) is 9.78 Å². The van der Waals surface area contributed by atoms with Gasteiger partial charge in [-0.1, -0.05) is 0 Å². The summed E-state index contributed by atoms with van der Waals surface area (Å²) >= 11 is 0. The fourth-order valence-corrected chi connectivity index (χ4v) is 0.854. The van der Waals surface area contributed by atoms with E-state index in [9.17, 15) is 9.90 Å². The molecule has 0 radical (unpaired) electrons. The monoisotopic (exact) mass is 199 g/mol. The maximum atomic E-state index is 11.2. The number of aromatic nitrogens is 1. The lowest BCUT2D eigenvalue weighted by atomic mass is 10.1. The van der Waals surface area contributed by atoms with Crippen molar-refractivity contribution in [3.8, 4) is 0 Å². The highest BCUT2D eigenvalue weighted by atomic mass is 16.5. The third-order valence-corrected chi connectivity index (χ3v) is 1.51. The fourth-order valence-electron chi connectivity index (χ4n) is 0.854. The Hall–Kier alpha value is -1.36. The van der Waals surface area contributed by atoms with Crippen LogP contribution in [-0.4, -0.2) is 22.7 Å². The average Bonchev–Trinajstić information content (AvgIpc) is 2.51. The number of carbonyl (C=O) groups is 1. The van der Waals surface area contributed by atoms with E-state index in [0.29, 0.717) is 0 Å². The second kappa shape index (κ2) is 3.79. The van der Waals surface area contributed by atoms with Crippen LogP contribution in [-0.2, 0) is 10.3 Å². The van der Waals surface area contributed by atoms with E-state index in [1.165, 1.54) is 20.1 Å². The molecule has 0 aromatic carbocycles. The highest BCUT2D eigenvalue weighted by Crippen LogP contribution is 2.18. The molecule has 5 heteroatoms. The number of hydrogen-bond donors (Lipinski definition) is 1. The number of rotatable bonds is 3. The number of nitrogens with zero attached hydrogens (tertiary/aromatic N) is 1. The summed E-state index contributed by atoms with van der Waals surface area (Å²) in [5.41, 5.74) is -1.12. The Labute approximate surface area is 81.7 Å². The Balaban J connectivity index is 2.83. The van der Waals surface area contributed by atoms with Gasteiger partial charge >= 0.3 is 5.97 Å². The fraction of sp³-hybridized carbons (Fsp3) is 0.556. The third kappa shape index (κ3) is 2.32. The van der Waals surface area contributed by atoms with Crippen LogP contribution < -0.4 is 0 Å². The van der Waals surface area contributed by atoms with E-state index in [0.717, 1.165) is 0 Å². The molecule has 0 amide bonds. The maximum absolute atomic E-state index is 11.2. The second-order valence-corrected chi connectivity index (χ2v) is 3.32. The standard InChI is InChI=1S/C9H13NO4/c1-4-13-7(11)6-5-14-8(10-6)9(2,3)12/h5,12H,4H2,1-3H3. The van der Waals surface area contributed by atoms with Crippen molar-refractivity contribution < 1.29 is 19.1 Å². The molecule has 1 N–H and O–H groups in total. The molecule has 14 heavy (non-hydrogen) atoms.